The van der Waals surface area contributed by atoms with Crippen molar-refractivity contribution in [2.24, 2.45) is 0 Å². The number of benzene rings is 3. The molecule has 7 nitrogen and oxygen atoms in total. The third kappa shape index (κ3) is 12.7. The van der Waals surface area contributed by atoms with Crippen LogP contribution >= 0.6 is 50.5 Å². The number of pyridine rings is 2. The number of thiol groups is 4. The number of hydrogen-bond acceptors (Lipinski definition) is 9. The van der Waals surface area contributed by atoms with Crippen LogP contribution in [0, 0.1) is 0 Å². The number of hydrogen-bond donors (Lipinski definition) is 4. The van der Waals surface area contributed by atoms with E-state index in [1.54, 1.807) is 34.2 Å². The first kappa shape index (κ1) is 39.3. The van der Waals surface area contributed by atoms with Gasteiger partial charge in [0.1, 0.15) is 0 Å². The number of nitrogens with zero attached hydrogens (tertiary/aromatic N) is 2. The molecule has 0 aliphatic rings. The summed E-state index contributed by atoms with van der Waals surface area (Å²) in [6.07, 6.45) is 8.48. The Kier molecular flexibility index (Phi) is 17.3. The largest absolute Gasteiger partial charge is 0.871 e. The van der Waals surface area contributed by atoms with Gasteiger partial charge in [-0.05, 0) is 55.5 Å². The minimum absolute atomic E-state index is 0.159. The molecule has 12 heteroatoms. The van der Waals surface area contributed by atoms with Crippen LogP contribution in [0.25, 0.3) is 0 Å². The molecule has 48 heavy (non-hydrogen) atoms. The monoisotopic (exact) mass is 720 g/mol. The van der Waals surface area contributed by atoms with E-state index >= 15 is 0 Å². The highest BCUT2D eigenvalue weighted by atomic mass is 32.1. The van der Waals surface area contributed by atoms with E-state index in [0.717, 1.165) is 26.0 Å². The standard InChI is InChI=1S/C22H21BO3.2C7H9NOS2/c24-23(25)26-18-10-17-22(19-11-4-1-5-12-19,20-13-6-2-7-14-20)21-15-8-3-9-16-21;2*1-2-9-8-4-6(10)3-7(11)5-8/h1-9,11-16H,10,17-18H2;2*3-5H,2H2,1H3,(H-,10,11)/q-2;;/p+2. The van der Waals surface area contributed by atoms with Gasteiger partial charge >= 0.3 is 0 Å². The summed E-state index contributed by atoms with van der Waals surface area (Å²) in [5.41, 5.74) is 3.17. The summed E-state index contributed by atoms with van der Waals surface area (Å²) < 4.78 is 7.94. The quantitative estimate of drug-likeness (QED) is 0.0502. The van der Waals surface area contributed by atoms with Gasteiger partial charge in [0, 0.05) is 21.5 Å². The van der Waals surface area contributed by atoms with E-state index in [1.807, 2.05) is 80.6 Å². The zero-order valence-corrected chi connectivity index (χ0v) is 30.5. The van der Waals surface area contributed by atoms with Crippen molar-refractivity contribution in [3.8, 4) is 0 Å². The molecular formula is C36H41BN2O5S4. The highest BCUT2D eigenvalue weighted by molar-refractivity contribution is 7.81. The first-order chi connectivity index (χ1) is 23.2. The fraction of sp³-hybridized carbons (Fsp3) is 0.222. The molecule has 2 aromatic heterocycles. The van der Waals surface area contributed by atoms with Gasteiger partial charge in [0.2, 0.25) is 24.8 Å². The van der Waals surface area contributed by atoms with Crippen LogP contribution in [0.4, 0.5) is 0 Å². The highest BCUT2D eigenvalue weighted by Crippen LogP contribution is 2.42. The Morgan fingerprint density at radius 1 is 0.583 bits per heavy atom. The summed E-state index contributed by atoms with van der Waals surface area (Å²) in [7, 11) is -2.23. The second kappa shape index (κ2) is 21.1. The Bertz CT molecular complexity index is 1450. The predicted molar refractivity (Wildman–Crippen MR) is 197 cm³/mol. The van der Waals surface area contributed by atoms with Gasteiger partial charge in [-0.25, -0.2) is 0 Å². The Morgan fingerprint density at radius 3 is 1.21 bits per heavy atom. The van der Waals surface area contributed by atoms with E-state index in [0.29, 0.717) is 19.6 Å². The molecule has 0 saturated heterocycles. The average molecular weight is 721 g/mol. The third-order valence-electron chi connectivity index (χ3n) is 6.94. The number of aromatic nitrogens is 2. The van der Waals surface area contributed by atoms with Gasteiger partial charge in [0.05, 0.1) is 26.9 Å². The van der Waals surface area contributed by atoms with E-state index in [1.165, 1.54) is 16.7 Å². The van der Waals surface area contributed by atoms with Crippen LogP contribution in [0.5, 0.6) is 0 Å². The fourth-order valence-corrected chi connectivity index (χ4v) is 6.33. The zero-order chi connectivity index (χ0) is 34.8. The van der Waals surface area contributed by atoms with Crippen molar-refractivity contribution in [1.82, 2.24) is 0 Å². The highest BCUT2D eigenvalue weighted by Gasteiger charge is 2.35. The molecule has 0 radical (unpaired) electrons. The molecule has 3 aromatic carbocycles. The van der Waals surface area contributed by atoms with Crippen molar-refractivity contribution in [3.05, 3.63) is 145 Å². The molecular weight excluding hydrogens is 679 g/mol. The van der Waals surface area contributed by atoms with Gasteiger partial charge in [0.25, 0.3) is 0 Å². The van der Waals surface area contributed by atoms with E-state index < -0.39 is 7.32 Å². The molecule has 0 unspecified atom stereocenters. The maximum Gasteiger partial charge on any atom is 0.235 e. The van der Waals surface area contributed by atoms with E-state index in [4.69, 9.17) is 14.3 Å². The lowest BCUT2D eigenvalue weighted by atomic mass is 9.67. The zero-order valence-electron chi connectivity index (χ0n) is 27.0. The molecule has 0 spiro atoms. The van der Waals surface area contributed by atoms with E-state index in [9.17, 15) is 10.0 Å². The lowest BCUT2D eigenvalue weighted by Gasteiger charge is -2.37. The molecule has 2 heterocycles. The van der Waals surface area contributed by atoms with Crippen LogP contribution in [-0.2, 0) is 10.1 Å². The molecule has 0 aliphatic carbocycles. The number of rotatable bonds is 12. The molecule has 5 rings (SSSR count). The first-order valence-electron chi connectivity index (χ1n) is 15.4. The molecule has 0 atom stereocenters. The van der Waals surface area contributed by atoms with Gasteiger partial charge in [-0.3, -0.25) is 9.68 Å². The minimum Gasteiger partial charge on any atom is -0.871 e. The maximum absolute atomic E-state index is 10.7. The van der Waals surface area contributed by atoms with E-state index in [-0.39, 0.29) is 12.0 Å². The third-order valence-corrected chi connectivity index (χ3v) is 7.91. The van der Waals surface area contributed by atoms with E-state index in [2.05, 4.69) is 86.9 Å². The van der Waals surface area contributed by atoms with Crippen molar-refractivity contribution in [3.63, 3.8) is 0 Å². The molecule has 0 bridgehead atoms. The second-order valence-electron chi connectivity index (χ2n) is 10.3. The van der Waals surface area contributed by atoms with Crippen molar-refractivity contribution in [2.75, 3.05) is 19.8 Å². The van der Waals surface area contributed by atoms with Gasteiger partial charge in [0.15, 0.2) is 13.2 Å². The van der Waals surface area contributed by atoms with Gasteiger partial charge in [-0.1, -0.05) is 91.0 Å². The van der Waals surface area contributed by atoms with Crippen LogP contribution in [-0.4, -0.2) is 27.1 Å². The Hall–Kier alpha value is -3.10. The molecule has 0 N–H and O–H groups in total. The minimum atomic E-state index is -2.23. The summed E-state index contributed by atoms with van der Waals surface area (Å²) in [6.45, 7) is 5.28. The van der Waals surface area contributed by atoms with Crippen LogP contribution in [0.1, 0.15) is 43.4 Å². The molecule has 0 fully saturated rings. The normalized spacial score (nSPS) is 10.6. The summed E-state index contributed by atoms with van der Waals surface area (Å²) in [5, 5.41) is 21.4. The topological polar surface area (TPSA) is 81.6 Å². The first-order valence-corrected chi connectivity index (χ1v) is 17.2. The smallest absolute Gasteiger partial charge is 0.235 e. The van der Waals surface area contributed by atoms with Crippen molar-refractivity contribution >= 4 is 57.8 Å². The summed E-state index contributed by atoms with van der Waals surface area (Å²) in [4.78, 5) is 13.7. The molecule has 0 amide bonds. The molecule has 252 valence electrons. The van der Waals surface area contributed by atoms with Crippen LogP contribution in [0.2, 0.25) is 0 Å². The predicted octanol–water partition coefficient (Wildman–Crippen LogP) is 4.52. The molecule has 0 aliphatic heterocycles. The van der Waals surface area contributed by atoms with Gasteiger partial charge in [-0.15, -0.1) is 50.5 Å². The second-order valence-corrected chi connectivity index (χ2v) is 12.4. The Labute approximate surface area is 306 Å². The Morgan fingerprint density at radius 2 is 0.917 bits per heavy atom. The average Bonchev–Trinajstić information content (AvgIpc) is 3.06. The maximum atomic E-state index is 10.7. The van der Waals surface area contributed by atoms with Gasteiger partial charge < -0.3 is 14.7 Å². The van der Waals surface area contributed by atoms with Crippen LogP contribution in [0.3, 0.4) is 0 Å². The molecule has 0 saturated carbocycles. The van der Waals surface area contributed by atoms with Gasteiger partial charge in [-0.2, -0.15) is 0 Å². The Balaban J connectivity index is 0.000000233. The van der Waals surface area contributed by atoms with Crippen molar-refractivity contribution < 1.29 is 33.8 Å². The van der Waals surface area contributed by atoms with Crippen LogP contribution < -0.4 is 29.2 Å². The fourth-order valence-electron chi connectivity index (χ4n) is 5.11. The summed E-state index contributed by atoms with van der Waals surface area (Å²) >= 11 is 16.7. The molecule has 5 aromatic rings. The SMILES string of the molecule is CCO[n+]1cc(S)cc(S)c1.CCO[n+]1cc(S)cc(S)c1.[O-]B([O-])OCCCC(c1ccccc1)(c1ccccc1)c1ccccc1. The lowest BCUT2D eigenvalue weighted by molar-refractivity contribution is -0.893. The van der Waals surface area contributed by atoms with Crippen molar-refractivity contribution in [2.45, 2.75) is 51.7 Å². The summed E-state index contributed by atoms with van der Waals surface area (Å²) in [5.74, 6) is 0. The lowest BCUT2D eigenvalue weighted by Crippen LogP contribution is -2.48. The van der Waals surface area contributed by atoms with Crippen molar-refractivity contribution in [1.29, 1.82) is 0 Å². The summed E-state index contributed by atoms with van der Waals surface area (Å²) in [6, 6.07) is 34.7. The van der Waals surface area contributed by atoms with Crippen LogP contribution in [0.15, 0.2) is 147 Å².